The zero-order chi connectivity index (χ0) is 18.6. The van der Waals surface area contributed by atoms with Gasteiger partial charge in [-0.05, 0) is 67.0 Å². The van der Waals surface area contributed by atoms with Gasteiger partial charge in [0.2, 0.25) is 0 Å². The Morgan fingerprint density at radius 3 is 2.44 bits per heavy atom. The van der Waals surface area contributed by atoms with Gasteiger partial charge in [-0.3, -0.25) is 4.79 Å². The van der Waals surface area contributed by atoms with Crippen molar-refractivity contribution in [1.82, 2.24) is 4.90 Å². The molecule has 2 aliphatic rings. The van der Waals surface area contributed by atoms with Crippen molar-refractivity contribution in [2.45, 2.75) is 38.2 Å². The predicted molar refractivity (Wildman–Crippen MR) is 104 cm³/mol. The number of nitrogens with zero attached hydrogens (tertiary/aromatic N) is 1. The van der Waals surface area contributed by atoms with Crippen LogP contribution in [0.1, 0.15) is 42.5 Å². The highest BCUT2D eigenvalue weighted by Gasteiger charge is 2.28. The van der Waals surface area contributed by atoms with Gasteiger partial charge in [-0.2, -0.15) is 0 Å². The largest absolute Gasteiger partial charge is 0.376 e. The molecule has 1 amide bonds. The van der Waals surface area contributed by atoms with Crippen LogP contribution in [0.5, 0.6) is 0 Å². The smallest absolute Gasteiger partial charge is 0.253 e. The lowest BCUT2D eigenvalue weighted by Gasteiger charge is -2.33. The molecular weight excluding hydrogens is 341 g/mol. The number of carbonyl (C=O) groups is 1. The highest BCUT2D eigenvalue weighted by molar-refractivity contribution is 5.95. The summed E-state index contributed by atoms with van der Waals surface area (Å²) >= 11 is 0. The summed E-state index contributed by atoms with van der Waals surface area (Å²) in [6.45, 7) is 2.27. The molecule has 4 rings (SSSR count). The lowest BCUT2D eigenvalue weighted by atomic mass is 9.85. The Kier molecular flexibility index (Phi) is 5.53. The molecule has 3 nitrogen and oxygen atoms in total. The van der Waals surface area contributed by atoms with Gasteiger partial charge in [-0.1, -0.05) is 30.7 Å². The van der Waals surface area contributed by atoms with E-state index in [0.29, 0.717) is 18.0 Å². The molecule has 0 aromatic heterocycles. The molecule has 2 fully saturated rings. The van der Waals surface area contributed by atoms with Crippen molar-refractivity contribution in [2.75, 3.05) is 19.7 Å². The molecule has 1 aliphatic heterocycles. The Balaban J connectivity index is 1.55. The summed E-state index contributed by atoms with van der Waals surface area (Å²) in [6.07, 6.45) is 5.93. The molecular formula is C23H26FNO2. The van der Waals surface area contributed by atoms with Crippen LogP contribution in [-0.2, 0) is 4.74 Å². The van der Waals surface area contributed by atoms with Gasteiger partial charge < -0.3 is 9.64 Å². The number of amides is 1. The summed E-state index contributed by atoms with van der Waals surface area (Å²) in [5.74, 6) is 0.395. The van der Waals surface area contributed by atoms with Crippen molar-refractivity contribution in [2.24, 2.45) is 5.92 Å². The molecule has 1 atom stereocenters. The topological polar surface area (TPSA) is 29.5 Å². The highest BCUT2D eigenvalue weighted by Crippen LogP contribution is 2.29. The number of ether oxygens (including phenoxy) is 1. The van der Waals surface area contributed by atoms with E-state index >= 15 is 0 Å². The maximum absolute atomic E-state index is 13.6. The number of hydrogen-bond acceptors (Lipinski definition) is 2. The van der Waals surface area contributed by atoms with Crippen molar-refractivity contribution < 1.29 is 13.9 Å². The second-order valence-corrected chi connectivity index (χ2v) is 7.73. The van der Waals surface area contributed by atoms with Crippen LogP contribution in [0, 0.1) is 11.7 Å². The van der Waals surface area contributed by atoms with Gasteiger partial charge >= 0.3 is 0 Å². The first kappa shape index (κ1) is 18.2. The van der Waals surface area contributed by atoms with E-state index in [4.69, 9.17) is 4.74 Å². The van der Waals surface area contributed by atoms with E-state index in [2.05, 4.69) is 0 Å². The number of carbonyl (C=O) groups excluding carboxylic acids is 1. The molecule has 2 aromatic carbocycles. The van der Waals surface area contributed by atoms with Gasteiger partial charge in [0.05, 0.1) is 6.10 Å². The second kappa shape index (κ2) is 8.22. The second-order valence-electron chi connectivity index (χ2n) is 7.73. The molecule has 1 heterocycles. The van der Waals surface area contributed by atoms with E-state index in [1.165, 1.54) is 31.4 Å². The molecule has 27 heavy (non-hydrogen) atoms. The molecule has 4 heteroatoms. The van der Waals surface area contributed by atoms with Gasteiger partial charge in [0.15, 0.2) is 0 Å². The molecule has 0 spiro atoms. The van der Waals surface area contributed by atoms with Crippen molar-refractivity contribution in [3.63, 3.8) is 0 Å². The summed E-state index contributed by atoms with van der Waals surface area (Å²) in [6, 6.07) is 14.0. The van der Waals surface area contributed by atoms with Crippen LogP contribution in [-0.4, -0.2) is 36.6 Å². The normalized spacial score (nSPS) is 19.7. The van der Waals surface area contributed by atoms with Crippen LogP contribution >= 0.6 is 0 Å². The SMILES string of the molecule is O=C(c1cccc(-c2cccc(F)c2)c1)N(CC1CCC1)CC1CCCO1. The maximum atomic E-state index is 13.6. The van der Waals surface area contributed by atoms with Gasteiger partial charge in [-0.25, -0.2) is 4.39 Å². The maximum Gasteiger partial charge on any atom is 0.253 e. The average molecular weight is 367 g/mol. The van der Waals surface area contributed by atoms with E-state index in [-0.39, 0.29) is 17.8 Å². The zero-order valence-corrected chi connectivity index (χ0v) is 15.6. The summed E-state index contributed by atoms with van der Waals surface area (Å²) in [7, 11) is 0. The minimum Gasteiger partial charge on any atom is -0.376 e. The fourth-order valence-electron chi connectivity index (χ4n) is 3.94. The van der Waals surface area contributed by atoms with Crippen LogP contribution in [0.2, 0.25) is 0 Å². The van der Waals surface area contributed by atoms with E-state index in [1.807, 2.05) is 35.2 Å². The van der Waals surface area contributed by atoms with E-state index in [9.17, 15) is 9.18 Å². The fourth-order valence-corrected chi connectivity index (χ4v) is 3.94. The number of benzene rings is 2. The Morgan fingerprint density at radius 2 is 1.78 bits per heavy atom. The van der Waals surface area contributed by atoms with Crippen LogP contribution in [0.15, 0.2) is 48.5 Å². The Labute approximate surface area is 160 Å². The Hall–Kier alpha value is -2.20. The van der Waals surface area contributed by atoms with Crippen LogP contribution < -0.4 is 0 Å². The third-order valence-corrected chi connectivity index (χ3v) is 5.71. The highest BCUT2D eigenvalue weighted by atomic mass is 19.1. The number of rotatable bonds is 6. The lowest BCUT2D eigenvalue weighted by molar-refractivity contribution is 0.0448. The van der Waals surface area contributed by atoms with Gasteiger partial charge in [0.25, 0.3) is 5.91 Å². The number of hydrogen-bond donors (Lipinski definition) is 0. The van der Waals surface area contributed by atoms with E-state index in [1.54, 1.807) is 6.07 Å². The monoisotopic (exact) mass is 367 g/mol. The molecule has 0 radical (unpaired) electrons. The summed E-state index contributed by atoms with van der Waals surface area (Å²) < 4.78 is 19.3. The van der Waals surface area contributed by atoms with Crippen LogP contribution in [0.25, 0.3) is 11.1 Å². The first-order valence-corrected chi connectivity index (χ1v) is 9.96. The van der Waals surface area contributed by atoms with Gasteiger partial charge in [0, 0.05) is 25.3 Å². The molecule has 1 saturated carbocycles. The van der Waals surface area contributed by atoms with E-state index < -0.39 is 0 Å². The van der Waals surface area contributed by atoms with Crippen molar-refractivity contribution in [3.8, 4) is 11.1 Å². The predicted octanol–water partition coefficient (Wildman–Crippen LogP) is 4.91. The fraction of sp³-hybridized carbons (Fsp3) is 0.435. The summed E-state index contributed by atoms with van der Waals surface area (Å²) in [5.41, 5.74) is 2.31. The first-order chi connectivity index (χ1) is 13.2. The van der Waals surface area contributed by atoms with Crippen LogP contribution in [0.3, 0.4) is 0 Å². The third-order valence-electron chi connectivity index (χ3n) is 5.71. The first-order valence-electron chi connectivity index (χ1n) is 9.96. The van der Waals surface area contributed by atoms with Crippen LogP contribution in [0.4, 0.5) is 4.39 Å². The van der Waals surface area contributed by atoms with Crippen molar-refractivity contribution in [3.05, 3.63) is 59.9 Å². The number of halogens is 1. The zero-order valence-electron chi connectivity index (χ0n) is 15.6. The molecule has 1 aliphatic carbocycles. The van der Waals surface area contributed by atoms with Crippen molar-refractivity contribution >= 4 is 5.91 Å². The summed E-state index contributed by atoms with van der Waals surface area (Å²) in [4.78, 5) is 15.2. The molecule has 2 aromatic rings. The van der Waals surface area contributed by atoms with E-state index in [0.717, 1.165) is 37.1 Å². The quantitative estimate of drug-likeness (QED) is 0.726. The third kappa shape index (κ3) is 4.38. The molecule has 1 saturated heterocycles. The molecule has 0 bridgehead atoms. The Morgan fingerprint density at radius 1 is 1.00 bits per heavy atom. The average Bonchev–Trinajstić information content (AvgIpc) is 3.16. The Bertz CT molecular complexity index is 796. The van der Waals surface area contributed by atoms with Crippen molar-refractivity contribution in [1.29, 1.82) is 0 Å². The standard InChI is InChI=1S/C23H26FNO2/c24-21-10-3-8-19(14-21)18-7-2-9-20(13-18)23(26)25(15-17-5-1-6-17)16-22-11-4-12-27-22/h2-3,7-10,13-14,17,22H,1,4-6,11-12,15-16H2. The van der Waals surface area contributed by atoms with Gasteiger partial charge in [0.1, 0.15) is 5.82 Å². The minimum atomic E-state index is -0.269. The van der Waals surface area contributed by atoms with Gasteiger partial charge in [-0.15, -0.1) is 0 Å². The minimum absolute atomic E-state index is 0.0515. The lowest BCUT2D eigenvalue weighted by Crippen LogP contribution is -2.41. The molecule has 0 N–H and O–H groups in total. The molecule has 142 valence electrons. The molecule has 1 unspecified atom stereocenters. The summed E-state index contributed by atoms with van der Waals surface area (Å²) in [5, 5.41) is 0.